The van der Waals surface area contributed by atoms with Crippen molar-refractivity contribution in [2.24, 2.45) is 11.7 Å². The van der Waals surface area contributed by atoms with Crippen molar-refractivity contribution in [1.82, 2.24) is 0 Å². The maximum atomic E-state index is 6.05. The molecule has 0 amide bonds. The summed E-state index contributed by atoms with van der Waals surface area (Å²) in [5.74, 6) is 1.93. The molecule has 2 N–H and O–H groups in total. The first-order valence-electron chi connectivity index (χ1n) is 7.12. The fourth-order valence-corrected chi connectivity index (χ4v) is 3.28. The molecule has 0 spiro atoms. The van der Waals surface area contributed by atoms with Gasteiger partial charge in [-0.05, 0) is 54.3 Å². The van der Waals surface area contributed by atoms with Crippen LogP contribution in [0.25, 0.3) is 0 Å². The summed E-state index contributed by atoms with van der Waals surface area (Å²) < 4.78 is 0. The Morgan fingerprint density at radius 2 is 1.74 bits per heavy atom. The van der Waals surface area contributed by atoms with Crippen LogP contribution in [-0.2, 0) is 0 Å². The molecule has 1 saturated carbocycles. The van der Waals surface area contributed by atoms with Gasteiger partial charge in [0.1, 0.15) is 0 Å². The van der Waals surface area contributed by atoms with Crippen molar-refractivity contribution in [3.63, 3.8) is 0 Å². The van der Waals surface area contributed by atoms with Crippen molar-refractivity contribution >= 4 is 0 Å². The maximum absolute atomic E-state index is 6.05. The molecule has 1 fully saturated rings. The highest BCUT2D eigenvalue weighted by Crippen LogP contribution is 2.54. The number of hydrogen-bond donors (Lipinski definition) is 1. The maximum Gasteiger partial charge on any atom is -0.000187 e. The Morgan fingerprint density at radius 3 is 2.42 bits per heavy atom. The van der Waals surface area contributed by atoms with Crippen LogP contribution in [0, 0.1) is 12.8 Å². The molecule has 0 aromatic heterocycles. The summed E-state index contributed by atoms with van der Waals surface area (Å²) in [6, 6.07) is 19.5. The SMILES string of the molecule is Cc1ccccc1C(CN)C1CC1c1ccccc1. The molecule has 2 aromatic carbocycles. The van der Waals surface area contributed by atoms with Gasteiger partial charge in [-0.2, -0.15) is 0 Å². The molecule has 0 radical (unpaired) electrons. The molecule has 0 aliphatic heterocycles. The van der Waals surface area contributed by atoms with Crippen molar-refractivity contribution < 1.29 is 0 Å². The summed E-state index contributed by atoms with van der Waals surface area (Å²) in [4.78, 5) is 0. The lowest BCUT2D eigenvalue weighted by atomic mass is 9.89. The number of rotatable bonds is 4. The van der Waals surface area contributed by atoms with E-state index in [0.29, 0.717) is 17.8 Å². The predicted octanol–water partition coefficient (Wildman–Crippen LogP) is 3.84. The zero-order chi connectivity index (χ0) is 13.2. The van der Waals surface area contributed by atoms with Gasteiger partial charge in [0.25, 0.3) is 0 Å². The topological polar surface area (TPSA) is 26.0 Å². The normalized spacial score (nSPS) is 23.1. The van der Waals surface area contributed by atoms with Gasteiger partial charge in [-0.15, -0.1) is 0 Å². The van der Waals surface area contributed by atoms with Crippen molar-refractivity contribution in [3.05, 3.63) is 71.3 Å². The number of nitrogens with two attached hydrogens (primary N) is 1. The average Bonchev–Trinajstić information content (AvgIpc) is 3.23. The summed E-state index contributed by atoms with van der Waals surface area (Å²) in [6.07, 6.45) is 1.28. The van der Waals surface area contributed by atoms with Crippen molar-refractivity contribution in [2.45, 2.75) is 25.2 Å². The Hall–Kier alpha value is -1.60. The summed E-state index contributed by atoms with van der Waals surface area (Å²) in [5, 5.41) is 0. The van der Waals surface area contributed by atoms with Gasteiger partial charge in [0.2, 0.25) is 0 Å². The second-order valence-corrected chi connectivity index (χ2v) is 5.62. The Morgan fingerprint density at radius 1 is 1.05 bits per heavy atom. The minimum Gasteiger partial charge on any atom is -0.330 e. The molecule has 3 atom stereocenters. The number of aryl methyl sites for hydroxylation is 1. The van der Waals surface area contributed by atoms with E-state index >= 15 is 0 Å². The van der Waals surface area contributed by atoms with E-state index in [4.69, 9.17) is 5.73 Å². The van der Waals surface area contributed by atoms with Crippen molar-refractivity contribution in [2.75, 3.05) is 6.54 Å². The fourth-order valence-electron chi connectivity index (χ4n) is 3.28. The van der Waals surface area contributed by atoms with Crippen LogP contribution in [0.1, 0.15) is 34.9 Å². The molecule has 19 heavy (non-hydrogen) atoms. The second kappa shape index (κ2) is 5.18. The Labute approximate surface area is 115 Å². The van der Waals surface area contributed by atoms with Gasteiger partial charge in [0, 0.05) is 0 Å². The summed E-state index contributed by atoms with van der Waals surface area (Å²) in [7, 11) is 0. The van der Waals surface area contributed by atoms with Crippen LogP contribution >= 0.6 is 0 Å². The summed E-state index contributed by atoms with van der Waals surface area (Å²) in [5.41, 5.74) is 10.3. The summed E-state index contributed by atoms with van der Waals surface area (Å²) >= 11 is 0. The van der Waals surface area contributed by atoms with Crippen LogP contribution in [0.5, 0.6) is 0 Å². The monoisotopic (exact) mass is 251 g/mol. The minimum atomic E-state index is 0.506. The van der Waals surface area contributed by atoms with E-state index in [1.807, 2.05) is 0 Å². The average molecular weight is 251 g/mol. The van der Waals surface area contributed by atoms with Gasteiger partial charge < -0.3 is 5.73 Å². The molecule has 0 bridgehead atoms. The smallest absolute Gasteiger partial charge is 0.000187 e. The molecule has 3 rings (SSSR count). The van der Waals surface area contributed by atoms with Crippen LogP contribution in [0.15, 0.2) is 54.6 Å². The van der Waals surface area contributed by atoms with Gasteiger partial charge in [0.15, 0.2) is 0 Å². The molecule has 0 heterocycles. The van der Waals surface area contributed by atoms with Crippen LogP contribution in [0.4, 0.5) is 0 Å². The first-order valence-corrected chi connectivity index (χ1v) is 7.12. The Kier molecular flexibility index (Phi) is 3.39. The van der Waals surface area contributed by atoms with E-state index in [9.17, 15) is 0 Å². The molecule has 2 aromatic rings. The molecule has 3 unspecified atom stereocenters. The molecule has 1 aliphatic rings. The van der Waals surface area contributed by atoms with E-state index in [2.05, 4.69) is 61.5 Å². The highest BCUT2D eigenvalue weighted by atomic mass is 14.6. The second-order valence-electron chi connectivity index (χ2n) is 5.62. The number of benzene rings is 2. The molecular formula is C18H21N. The molecular weight excluding hydrogens is 230 g/mol. The lowest BCUT2D eigenvalue weighted by molar-refractivity contribution is 0.597. The Balaban J connectivity index is 1.81. The van der Waals surface area contributed by atoms with Gasteiger partial charge in [-0.1, -0.05) is 54.6 Å². The largest absolute Gasteiger partial charge is 0.330 e. The fraction of sp³-hybridized carbons (Fsp3) is 0.333. The van der Waals surface area contributed by atoms with Gasteiger partial charge >= 0.3 is 0 Å². The Bertz CT molecular complexity index is 547. The molecule has 98 valence electrons. The van der Waals surface area contributed by atoms with E-state index < -0.39 is 0 Å². The third kappa shape index (κ3) is 2.43. The van der Waals surface area contributed by atoms with Gasteiger partial charge in [-0.3, -0.25) is 0 Å². The zero-order valence-corrected chi connectivity index (χ0v) is 11.4. The van der Waals surface area contributed by atoms with E-state index in [0.717, 1.165) is 6.54 Å². The highest BCUT2D eigenvalue weighted by Gasteiger charge is 2.43. The molecule has 1 aliphatic carbocycles. The molecule has 1 heteroatoms. The third-order valence-corrected chi connectivity index (χ3v) is 4.43. The summed E-state index contributed by atoms with van der Waals surface area (Å²) in [6.45, 7) is 2.94. The van der Waals surface area contributed by atoms with Crippen molar-refractivity contribution in [1.29, 1.82) is 0 Å². The van der Waals surface area contributed by atoms with E-state index in [-0.39, 0.29) is 0 Å². The zero-order valence-electron chi connectivity index (χ0n) is 11.4. The lowest BCUT2D eigenvalue weighted by Crippen LogP contribution is -2.16. The van der Waals surface area contributed by atoms with E-state index in [1.165, 1.54) is 23.1 Å². The van der Waals surface area contributed by atoms with Crippen LogP contribution in [0.3, 0.4) is 0 Å². The minimum absolute atomic E-state index is 0.506. The lowest BCUT2D eigenvalue weighted by Gasteiger charge is -2.18. The van der Waals surface area contributed by atoms with Crippen LogP contribution in [-0.4, -0.2) is 6.54 Å². The third-order valence-electron chi connectivity index (χ3n) is 4.43. The number of hydrogen-bond acceptors (Lipinski definition) is 1. The highest BCUT2D eigenvalue weighted by molar-refractivity contribution is 5.35. The first kappa shape index (κ1) is 12.4. The standard InChI is InChI=1S/C18H21N/c1-13-7-5-6-10-15(13)18(12-19)17-11-16(17)14-8-3-2-4-9-14/h2-10,16-18H,11-12,19H2,1H3. The van der Waals surface area contributed by atoms with Gasteiger partial charge in [0.05, 0.1) is 0 Å². The van der Waals surface area contributed by atoms with Crippen LogP contribution < -0.4 is 5.73 Å². The van der Waals surface area contributed by atoms with E-state index in [1.54, 1.807) is 0 Å². The predicted molar refractivity (Wildman–Crippen MR) is 80.3 cm³/mol. The van der Waals surface area contributed by atoms with Crippen LogP contribution in [0.2, 0.25) is 0 Å². The van der Waals surface area contributed by atoms with Gasteiger partial charge in [-0.25, -0.2) is 0 Å². The first-order chi connectivity index (χ1) is 9.31. The van der Waals surface area contributed by atoms with Crippen molar-refractivity contribution in [3.8, 4) is 0 Å². The molecule has 0 saturated heterocycles. The molecule has 1 nitrogen and oxygen atoms in total. The quantitative estimate of drug-likeness (QED) is 0.877.